The maximum atomic E-state index is 6.23. The van der Waals surface area contributed by atoms with E-state index in [4.69, 9.17) is 14.4 Å². The van der Waals surface area contributed by atoms with Crippen LogP contribution in [0.15, 0.2) is 99.9 Å². The quantitative estimate of drug-likeness (QED) is 0.272. The lowest BCUT2D eigenvalue weighted by atomic mass is 10.0. The lowest BCUT2D eigenvalue weighted by molar-refractivity contribution is 0.667. The molecule has 0 atom stereocenters. The smallest absolute Gasteiger partial charge is 0.180 e. The minimum absolute atomic E-state index is 0.679. The van der Waals surface area contributed by atoms with Gasteiger partial charge < -0.3 is 4.42 Å². The number of hydrogen-bond donors (Lipinski definition) is 0. The SMILES string of the molecule is Brc1cccc(-c2nc(-c3ccc4ccccc4c3)c3oc4ccccc4c3n2)c1. The zero-order valence-electron chi connectivity index (χ0n) is 15.8. The van der Waals surface area contributed by atoms with Crippen LogP contribution in [0, 0.1) is 0 Å². The summed E-state index contributed by atoms with van der Waals surface area (Å²) in [7, 11) is 0. The molecule has 2 aromatic heterocycles. The molecule has 0 bridgehead atoms. The molecule has 0 radical (unpaired) electrons. The first-order valence-corrected chi connectivity index (χ1v) is 10.5. The highest BCUT2D eigenvalue weighted by Gasteiger charge is 2.18. The van der Waals surface area contributed by atoms with E-state index in [-0.39, 0.29) is 0 Å². The second-order valence-corrected chi connectivity index (χ2v) is 8.16. The van der Waals surface area contributed by atoms with Crippen LogP contribution in [0.5, 0.6) is 0 Å². The molecule has 0 saturated heterocycles. The molecule has 30 heavy (non-hydrogen) atoms. The van der Waals surface area contributed by atoms with Crippen LogP contribution in [0.25, 0.3) is 55.5 Å². The van der Waals surface area contributed by atoms with E-state index < -0.39 is 0 Å². The van der Waals surface area contributed by atoms with Crippen molar-refractivity contribution in [2.45, 2.75) is 0 Å². The van der Waals surface area contributed by atoms with Crippen molar-refractivity contribution < 1.29 is 4.42 Å². The molecular formula is C26H15BrN2O. The summed E-state index contributed by atoms with van der Waals surface area (Å²) >= 11 is 3.56. The first kappa shape index (κ1) is 17.4. The highest BCUT2D eigenvalue weighted by atomic mass is 79.9. The van der Waals surface area contributed by atoms with Crippen LogP contribution in [0.4, 0.5) is 0 Å². The van der Waals surface area contributed by atoms with Gasteiger partial charge in [-0.2, -0.15) is 0 Å². The first-order valence-electron chi connectivity index (χ1n) is 9.71. The summed E-state index contributed by atoms with van der Waals surface area (Å²) in [6, 6.07) is 30.8. The van der Waals surface area contributed by atoms with E-state index >= 15 is 0 Å². The molecule has 2 heterocycles. The van der Waals surface area contributed by atoms with Gasteiger partial charge in [-0.05, 0) is 41.1 Å². The summed E-state index contributed by atoms with van der Waals surface area (Å²) < 4.78 is 7.22. The molecule has 4 heteroatoms. The summed E-state index contributed by atoms with van der Waals surface area (Å²) in [5, 5.41) is 3.36. The second kappa shape index (κ2) is 6.78. The van der Waals surface area contributed by atoms with E-state index in [0.29, 0.717) is 11.4 Å². The van der Waals surface area contributed by atoms with Gasteiger partial charge in [0.05, 0.1) is 0 Å². The van der Waals surface area contributed by atoms with Gasteiger partial charge in [0.1, 0.15) is 16.8 Å². The summed E-state index contributed by atoms with van der Waals surface area (Å²) in [5.74, 6) is 0.679. The molecule has 6 aromatic rings. The summed E-state index contributed by atoms with van der Waals surface area (Å²) in [4.78, 5) is 9.86. The standard InChI is InChI=1S/C26H15BrN2O/c27-20-9-5-8-19(15-20)26-28-23(18-13-12-16-6-1-2-7-17(16)14-18)25-24(29-26)21-10-3-4-11-22(21)30-25/h1-15H. The molecule has 0 unspecified atom stereocenters. The zero-order chi connectivity index (χ0) is 20.1. The first-order chi connectivity index (χ1) is 14.8. The Labute approximate surface area is 181 Å². The van der Waals surface area contributed by atoms with Gasteiger partial charge >= 0.3 is 0 Å². The Morgan fingerprint density at radius 2 is 1.50 bits per heavy atom. The van der Waals surface area contributed by atoms with Crippen molar-refractivity contribution >= 4 is 48.8 Å². The number of rotatable bonds is 2. The number of benzene rings is 4. The predicted octanol–water partition coefficient (Wildman–Crippen LogP) is 7.63. The average molecular weight is 451 g/mol. The van der Waals surface area contributed by atoms with E-state index in [1.807, 2.05) is 48.5 Å². The fourth-order valence-electron chi connectivity index (χ4n) is 3.88. The summed E-state index contributed by atoms with van der Waals surface area (Å²) in [5.41, 5.74) is 5.13. The molecule has 0 aliphatic rings. The molecule has 6 rings (SSSR count). The van der Waals surface area contributed by atoms with Crippen molar-refractivity contribution in [1.82, 2.24) is 9.97 Å². The monoisotopic (exact) mass is 450 g/mol. The number of furan rings is 1. The lowest BCUT2D eigenvalue weighted by Gasteiger charge is -2.08. The zero-order valence-corrected chi connectivity index (χ0v) is 17.4. The molecule has 142 valence electrons. The maximum absolute atomic E-state index is 6.23. The van der Waals surface area contributed by atoms with Crippen LogP contribution in [0.3, 0.4) is 0 Å². The van der Waals surface area contributed by atoms with Gasteiger partial charge in [0.15, 0.2) is 11.4 Å². The van der Waals surface area contributed by atoms with Gasteiger partial charge in [-0.3, -0.25) is 0 Å². The number of aromatic nitrogens is 2. The van der Waals surface area contributed by atoms with Gasteiger partial charge in [-0.25, -0.2) is 9.97 Å². The van der Waals surface area contributed by atoms with Gasteiger partial charge in [-0.1, -0.05) is 76.6 Å². The third kappa shape index (κ3) is 2.80. The van der Waals surface area contributed by atoms with Crippen LogP contribution in [-0.2, 0) is 0 Å². The molecule has 0 N–H and O–H groups in total. The largest absolute Gasteiger partial charge is 0.452 e. The van der Waals surface area contributed by atoms with Gasteiger partial charge in [0.25, 0.3) is 0 Å². The van der Waals surface area contributed by atoms with Crippen molar-refractivity contribution in [2.75, 3.05) is 0 Å². The average Bonchev–Trinajstić information content (AvgIpc) is 3.17. The van der Waals surface area contributed by atoms with Crippen molar-refractivity contribution in [3.8, 4) is 22.6 Å². The van der Waals surface area contributed by atoms with Gasteiger partial charge in [0.2, 0.25) is 0 Å². The Balaban J connectivity index is 1.70. The van der Waals surface area contributed by atoms with Crippen LogP contribution in [0.2, 0.25) is 0 Å². The van der Waals surface area contributed by atoms with Gasteiger partial charge in [0, 0.05) is 21.0 Å². The molecular weight excluding hydrogens is 436 g/mol. The number of para-hydroxylation sites is 1. The Morgan fingerprint density at radius 3 is 2.40 bits per heavy atom. The minimum Gasteiger partial charge on any atom is -0.452 e. The molecule has 3 nitrogen and oxygen atoms in total. The Morgan fingerprint density at radius 1 is 0.667 bits per heavy atom. The lowest BCUT2D eigenvalue weighted by Crippen LogP contribution is -1.94. The van der Waals surface area contributed by atoms with Crippen molar-refractivity contribution in [3.63, 3.8) is 0 Å². The molecule has 0 spiro atoms. The van der Waals surface area contributed by atoms with Gasteiger partial charge in [-0.15, -0.1) is 0 Å². The van der Waals surface area contributed by atoms with Crippen LogP contribution in [-0.4, -0.2) is 9.97 Å². The van der Waals surface area contributed by atoms with Crippen molar-refractivity contribution in [2.24, 2.45) is 0 Å². The number of fused-ring (bicyclic) bond motifs is 4. The van der Waals surface area contributed by atoms with Crippen LogP contribution in [0.1, 0.15) is 0 Å². The van der Waals surface area contributed by atoms with Crippen LogP contribution < -0.4 is 0 Å². The molecule has 0 aliphatic carbocycles. The predicted molar refractivity (Wildman–Crippen MR) is 125 cm³/mol. The number of nitrogens with zero attached hydrogens (tertiary/aromatic N) is 2. The van der Waals surface area contributed by atoms with E-state index in [1.165, 1.54) is 10.8 Å². The number of hydrogen-bond acceptors (Lipinski definition) is 3. The Bertz CT molecular complexity index is 1570. The summed E-state index contributed by atoms with van der Waals surface area (Å²) in [6.45, 7) is 0. The normalized spacial score (nSPS) is 11.5. The highest BCUT2D eigenvalue weighted by molar-refractivity contribution is 9.10. The fourth-order valence-corrected chi connectivity index (χ4v) is 4.28. The summed E-state index contributed by atoms with van der Waals surface area (Å²) in [6.07, 6.45) is 0. The third-order valence-corrected chi connectivity index (χ3v) is 5.82. The number of halogens is 1. The molecule has 4 aromatic carbocycles. The highest BCUT2D eigenvalue weighted by Crippen LogP contribution is 2.36. The minimum atomic E-state index is 0.679. The molecule has 0 amide bonds. The Kier molecular flexibility index (Phi) is 3.93. The van der Waals surface area contributed by atoms with E-state index in [0.717, 1.165) is 37.8 Å². The third-order valence-electron chi connectivity index (χ3n) is 5.33. The topological polar surface area (TPSA) is 38.9 Å². The maximum Gasteiger partial charge on any atom is 0.180 e. The van der Waals surface area contributed by atoms with E-state index in [1.54, 1.807) is 0 Å². The second-order valence-electron chi connectivity index (χ2n) is 7.24. The fraction of sp³-hybridized carbons (Fsp3) is 0. The molecule has 0 fully saturated rings. The molecule has 0 aliphatic heterocycles. The Hall–Kier alpha value is -3.50. The van der Waals surface area contributed by atoms with Crippen LogP contribution >= 0.6 is 15.9 Å². The van der Waals surface area contributed by atoms with E-state index in [9.17, 15) is 0 Å². The van der Waals surface area contributed by atoms with Crippen molar-refractivity contribution in [1.29, 1.82) is 0 Å². The molecule has 0 saturated carbocycles. The van der Waals surface area contributed by atoms with E-state index in [2.05, 4.69) is 58.4 Å². The van der Waals surface area contributed by atoms with Crippen molar-refractivity contribution in [3.05, 3.63) is 95.5 Å².